The van der Waals surface area contributed by atoms with Gasteiger partial charge in [0.15, 0.2) is 5.82 Å². The topological polar surface area (TPSA) is 92.3 Å². The number of hydrogen-bond acceptors (Lipinski definition) is 7. The minimum atomic E-state index is -2.95. The summed E-state index contributed by atoms with van der Waals surface area (Å²) in [5.74, 6) is -2.79. The molecule has 1 saturated heterocycles. The maximum atomic E-state index is 13.9. The number of aromatic nitrogens is 3. The minimum Gasteiger partial charge on any atom is -0.473 e. The summed E-state index contributed by atoms with van der Waals surface area (Å²) in [7, 11) is 0. The molecular weight excluding hydrogens is 437 g/mol. The maximum Gasteiger partial charge on any atom is 0.267 e. The molecular formula is C22H19F3N6O2. The fraction of sp³-hybridized carbons (Fsp3) is 0.273. The van der Waals surface area contributed by atoms with Gasteiger partial charge in [0, 0.05) is 25.2 Å². The van der Waals surface area contributed by atoms with Gasteiger partial charge in [-0.15, -0.1) is 0 Å². The van der Waals surface area contributed by atoms with Crippen molar-refractivity contribution in [2.75, 3.05) is 22.1 Å². The van der Waals surface area contributed by atoms with E-state index in [1.807, 2.05) is 6.07 Å². The zero-order valence-corrected chi connectivity index (χ0v) is 17.3. The first-order valence-corrected chi connectivity index (χ1v) is 10.2. The lowest BCUT2D eigenvalue weighted by atomic mass is 10.1. The van der Waals surface area contributed by atoms with Crippen molar-refractivity contribution >= 4 is 23.4 Å². The van der Waals surface area contributed by atoms with Gasteiger partial charge in [0.25, 0.3) is 5.92 Å². The number of anilines is 3. The molecule has 0 bridgehead atoms. The largest absolute Gasteiger partial charge is 0.473 e. The minimum absolute atomic E-state index is 0.246. The first-order chi connectivity index (χ1) is 15.9. The van der Waals surface area contributed by atoms with E-state index >= 15 is 0 Å². The van der Waals surface area contributed by atoms with E-state index in [2.05, 4.69) is 25.6 Å². The Morgan fingerprint density at radius 2 is 1.91 bits per heavy atom. The second-order valence-corrected chi connectivity index (χ2v) is 7.90. The van der Waals surface area contributed by atoms with Crippen molar-refractivity contribution < 1.29 is 22.7 Å². The number of rotatable bonds is 6. The number of nitrogens with zero attached hydrogens (tertiary/aromatic N) is 4. The molecule has 5 rings (SSSR count). The van der Waals surface area contributed by atoms with Crippen LogP contribution in [0.1, 0.15) is 17.5 Å². The summed E-state index contributed by atoms with van der Waals surface area (Å²) in [6.07, 6.45) is 2.49. The number of benzene rings is 1. The normalized spacial score (nSPS) is 18.3. The van der Waals surface area contributed by atoms with Gasteiger partial charge in [-0.05, 0) is 23.3 Å². The molecule has 11 heteroatoms. The van der Waals surface area contributed by atoms with Crippen LogP contribution in [-0.4, -0.2) is 39.4 Å². The Morgan fingerprint density at radius 3 is 2.67 bits per heavy atom. The van der Waals surface area contributed by atoms with E-state index in [0.717, 1.165) is 11.1 Å². The molecule has 2 N–H and O–H groups in total. The average molecular weight is 456 g/mol. The quantitative estimate of drug-likeness (QED) is 0.588. The molecule has 1 atom stereocenters. The van der Waals surface area contributed by atoms with Crippen LogP contribution < -0.4 is 20.3 Å². The standard InChI is InChI=1S/C22H19F3N6O2/c23-15-4-1-13(2-5-15)11-33-18-6-3-14(8-26-18)9-27-21-28-10-16-19(30-21)31-12-22(24,25)7-17(31)20(32)29-16/h1-6,8,10,17H,7,9,11-12H2,(H,29,32)(H,27,28,30)/t17-/m1/s1. The highest BCUT2D eigenvalue weighted by molar-refractivity contribution is 6.03. The molecule has 0 aliphatic carbocycles. The smallest absolute Gasteiger partial charge is 0.267 e. The number of carbonyl (C=O) groups excluding carboxylic acids is 1. The number of alkyl halides is 2. The lowest BCUT2D eigenvalue weighted by Crippen LogP contribution is -2.44. The molecule has 170 valence electrons. The summed E-state index contributed by atoms with van der Waals surface area (Å²) in [5.41, 5.74) is 1.95. The Hall–Kier alpha value is -3.89. The summed E-state index contributed by atoms with van der Waals surface area (Å²) in [4.78, 5) is 26.2. The van der Waals surface area contributed by atoms with Gasteiger partial charge in [0.1, 0.15) is 24.2 Å². The lowest BCUT2D eigenvalue weighted by molar-refractivity contribution is -0.118. The van der Waals surface area contributed by atoms with Crippen LogP contribution in [0.3, 0.4) is 0 Å². The van der Waals surface area contributed by atoms with Crippen molar-refractivity contribution in [2.24, 2.45) is 0 Å². The predicted molar refractivity (Wildman–Crippen MR) is 114 cm³/mol. The number of pyridine rings is 1. The van der Waals surface area contributed by atoms with E-state index in [1.165, 1.54) is 23.2 Å². The number of ether oxygens (including phenoxy) is 1. The molecule has 4 heterocycles. The number of nitrogens with one attached hydrogen (secondary N) is 2. The molecule has 3 aromatic rings. The van der Waals surface area contributed by atoms with Gasteiger partial charge in [-0.3, -0.25) is 4.79 Å². The van der Waals surface area contributed by atoms with E-state index in [4.69, 9.17) is 4.74 Å². The molecule has 1 amide bonds. The van der Waals surface area contributed by atoms with Crippen molar-refractivity contribution in [3.05, 3.63) is 65.7 Å². The average Bonchev–Trinajstić information content (AvgIpc) is 3.14. The molecule has 2 aromatic heterocycles. The number of carbonyl (C=O) groups is 1. The summed E-state index contributed by atoms with van der Waals surface area (Å²) < 4.78 is 46.3. The highest BCUT2D eigenvalue weighted by atomic mass is 19.3. The molecule has 8 nitrogen and oxygen atoms in total. The molecule has 2 aliphatic heterocycles. The third kappa shape index (κ3) is 4.52. The molecule has 0 saturated carbocycles. The third-order valence-corrected chi connectivity index (χ3v) is 5.42. The molecule has 33 heavy (non-hydrogen) atoms. The van der Waals surface area contributed by atoms with E-state index in [-0.39, 0.29) is 24.2 Å². The SMILES string of the molecule is O=C1Nc2cnc(NCc3ccc(OCc4ccc(F)cc4)nc3)nc2N2CC(F)(F)C[C@H]12. The van der Waals surface area contributed by atoms with Crippen molar-refractivity contribution in [2.45, 2.75) is 31.5 Å². The van der Waals surface area contributed by atoms with Crippen LogP contribution in [0.25, 0.3) is 0 Å². The Balaban J connectivity index is 1.21. The van der Waals surface area contributed by atoms with Crippen molar-refractivity contribution in [3.8, 4) is 5.88 Å². The van der Waals surface area contributed by atoms with Crippen LogP contribution in [0.15, 0.2) is 48.8 Å². The number of hydrogen-bond donors (Lipinski definition) is 2. The molecule has 2 aliphatic rings. The van der Waals surface area contributed by atoms with Crippen molar-refractivity contribution in [1.82, 2.24) is 15.0 Å². The molecule has 0 radical (unpaired) electrons. The van der Waals surface area contributed by atoms with E-state index in [1.54, 1.807) is 24.4 Å². The van der Waals surface area contributed by atoms with Gasteiger partial charge in [-0.25, -0.2) is 23.1 Å². The van der Waals surface area contributed by atoms with Gasteiger partial charge >= 0.3 is 0 Å². The Morgan fingerprint density at radius 1 is 1.12 bits per heavy atom. The van der Waals surface area contributed by atoms with E-state index in [0.29, 0.717) is 18.1 Å². The monoisotopic (exact) mass is 456 g/mol. The second-order valence-electron chi connectivity index (χ2n) is 7.90. The van der Waals surface area contributed by atoms with E-state index < -0.39 is 30.8 Å². The lowest BCUT2D eigenvalue weighted by Gasteiger charge is -2.30. The summed E-state index contributed by atoms with van der Waals surface area (Å²) >= 11 is 0. The zero-order chi connectivity index (χ0) is 23.0. The number of halogens is 3. The highest BCUT2D eigenvalue weighted by Gasteiger charge is 2.51. The van der Waals surface area contributed by atoms with Gasteiger partial charge in [-0.2, -0.15) is 4.98 Å². The maximum absolute atomic E-state index is 13.9. The highest BCUT2D eigenvalue weighted by Crippen LogP contribution is 2.41. The number of amides is 1. The van der Waals surface area contributed by atoms with Crippen LogP contribution in [0, 0.1) is 5.82 Å². The van der Waals surface area contributed by atoms with Crippen LogP contribution in [-0.2, 0) is 17.9 Å². The fourth-order valence-electron chi connectivity index (χ4n) is 3.77. The van der Waals surface area contributed by atoms with Crippen LogP contribution in [0.2, 0.25) is 0 Å². The summed E-state index contributed by atoms with van der Waals surface area (Å²) in [6.45, 7) is 0.0503. The van der Waals surface area contributed by atoms with Crippen molar-refractivity contribution in [3.63, 3.8) is 0 Å². The van der Waals surface area contributed by atoms with E-state index in [9.17, 15) is 18.0 Å². The van der Waals surface area contributed by atoms with Crippen LogP contribution >= 0.6 is 0 Å². The van der Waals surface area contributed by atoms with Crippen LogP contribution in [0.4, 0.5) is 30.6 Å². The van der Waals surface area contributed by atoms with Gasteiger partial charge < -0.3 is 20.3 Å². The molecule has 0 unspecified atom stereocenters. The van der Waals surface area contributed by atoms with Crippen LogP contribution in [0.5, 0.6) is 5.88 Å². The zero-order valence-electron chi connectivity index (χ0n) is 17.3. The second kappa shape index (κ2) is 8.23. The number of fused-ring (bicyclic) bond motifs is 3. The first kappa shape index (κ1) is 21.0. The first-order valence-electron chi connectivity index (χ1n) is 10.2. The fourth-order valence-corrected chi connectivity index (χ4v) is 3.77. The molecule has 0 spiro atoms. The van der Waals surface area contributed by atoms with Gasteiger partial charge in [0.2, 0.25) is 17.7 Å². The Labute approximate surface area is 186 Å². The van der Waals surface area contributed by atoms with Crippen molar-refractivity contribution in [1.29, 1.82) is 0 Å². The molecule has 1 fully saturated rings. The van der Waals surface area contributed by atoms with Gasteiger partial charge in [-0.1, -0.05) is 18.2 Å². The summed E-state index contributed by atoms with van der Waals surface area (Å²) in [5, 5.41) is 5.63. The van der Waals surface area contributed by atoms with Gasteiger partial charge in [0.05, 0.1) is 12.7 Å². The summed E-state index contributed by atoms with van der Waals surface area (Å²) in [6, 6.07) is 8.60. The molecule has 1 aromatic carbocycles. The Bertz CT molecular complexity index is 1170. The Kier molecular flexibility index (Phi) is 5.23. The third-order valence-electron chi connectivity index (χ3n) is 5.42. The predicted octanol–water partition coefficient (Wildman–Crippen LogP) is 3.37.